The number of nitrogens with one attached hydrogen (secondary N) is 1. The molecular formula is C25H27FN4O. The second kappa shape index (κ2) is 9.25. The predicted octanol–water partition coefficient (Wildman–Crippen LogP) is 5.26. The molecule has 1 fully saturated rings. The summed E-state index contributed by atoms with van der Waals surface area (Å²) in [6, 6.07) is 14.3. The fraction of sp³-hybridized carbons (Fsp3) is 0.320. The van der Waals surface area contributed by atoms with Crippen molar-refractivity contribution in [1.82, 2.24) is 9.97 Å². The zero-order valence-electron chi connectivity index (χ0n) is 17.9. The van der Waals surface area contributed by atoms with E-state index < -0.39 is 0 Å². The first-order chi connectivity index (χ1) is 15.0. The quantitative estimate of drug-likeness (QED) is 0.614. The van der Waals surface area contributed by atoms with Crippen molar-refractivity contribution in [2.24, 2.45) is 5.92 Å². The molecule has 2 heterocycles. The lowest BCUT2D eigenvalue weighted by molar-refractivity contribution is -0.120. The molecule has 0 radical (unpaired) electrons. The van der Waals surface area contributed by atoms with Gasteiger partial charge in [-0.25, -0.2) is 14.4 Å². The van der Waals surface area contributed by atoms with Crippen molar-refractivity contribution >= 4 is 17.5 Å². The molecule has 0 saturated carbocycles. The molecule has 1 N–H and O–H groups in total. The number of aromatic nitrogens is 2. The van der Waals surface area contributed by atoms with Crippen molar-refractivity contribution in [3.63, 3.8) is 0 Å². The van der Waals surface area contributed by atoms with Crippen LogP contribution in [-0.2, 0) is 4.79 Å². The fourth-order valence-electron chi connectivity index (χ4n) is 3.84. The molecule has 1 amide bonds. The largest absolute Gasteiger partial charge is 0.340 e. The van der Waals surface area contributed by atoms with E-state index >= 15 is 0 Å². The fourth-order valence-corrected chi connectivity index (χ4v) is 3.84. The van der Waals surface area contributed by atoms with Gasteiger partial charge in [0.1, 0.15) is 5.82 Å². The Bertz CT molecular complexity index is 1020. The van der Waals surface area contributed by atoms with E-state index in [9.17, 15) is 9.18 Å². The van der Waals surface area contributed by atoms with E-state index in [1.165, 1.54) is 17.7 Å². The summed E-state index contributed by atoms with van der Waals surface area (Å²) in [6.07, 6.45) is 5.25. The number of amides is 1. The Labute approximate surface area is 182 Å². The summed E-state index contributed by atoms with van der Waals surface area (Å²) in [5.74, 6) is 0.731. The summed E-state index contributed by atoms with van der Waals surface area (Å²) < 4.78 is 13.1. The van der Waals surface area contributed by atoms with E-state index in [2.05, 4.69) is 46.2 Å². The molecule has 0 aliphatic carbocycles. The highest BCUT2D eigenvalue weighted by atomic mass is 19.1. The number of nitrogens with zero attached hydrogens (tertiary/aromatic N) is 3. The number of carbonyl (C=O) groups is 1. The lowest BCUT2D eigenvalue weighted by Crippen LogP contribution is -2.41. The van der Waals surface area contributed by atoms with Crippen molar-refractivity contribution in [3.05, 3.63) is 72.3 Å². The van der Waals surface area contributed by atoms with Crippen LogP contribution in [0.25, 0.3) is 11.1 Å². The van der Waals surface area contributed by atoms with Crippen LogP contribution in [0.2, 0.25) is 0 Å². The summed E-state index contributed by atoms with van der Waals surface area (Å²) in [5, 5.41) is 3.05. The van der Waals surface area contributed by atoms with Gasteiger partial charge in [0.05, 0.1) is 5.92 Å². The van der Waals surface area contributed by atoms with Crippen molar-refractivity contribution in [2.45, 2.75) is 32.6 Å². The Morgan fingerprint density at radius 1 is 1.03 bits per heavy atom. The lowest BCUT2D eigenvalue weighted by atomic mass is 9.97. The van der Waals surface area contributed by atoms with Crippen molar-refractivity contribution in [3.8, 4) is 11.1 Å². The van der Waals surface area contributed by atoms with Gasteiger partial charge in [0.2, 0.25) is 11.9 Å². The average molecular weight is 419 g/mol. The Balaban J connectivity index is 1.39. The SMILES string of the molecule is CC(C)c1ccc(NC(=O)[C@H]2CCCN(c3ncc(-c4ccc(F)cc4)cn3)C2)cc1. The number of anilines is 2. The van der Waals surface area contributed by atoms with Crippen LogP contribution in [0.5, 0.6) is 0 Å². The Morgan fingerprint density at radius 3 is 2.35 bits per heavy atom. The molecule has 3 aromatic rings. The average Bonchev–Trinajstić information content (AvgIpc) is 2.80. The predicted molar refractivity (Wildman–Crippen MR) is 122 cm³/mol. The minimum atomic E-state index is -0.269. The molecule has 1 atom stereocenters. The van der Waals surface area contributed by atoms with Gasteiger partial charge < -0.3 is 10.2 Å². The summed E-state index contributed by atoms with van der Waals surface area (Å²) >= 11 is 0. The maximum atomic E-state index is 13.1. The number of piperidine rings is 1. The molecule has 1 saturated heterocycles. The van der Waals surface area contributed by atoms with E-state index in [0.29, 0.717) is 18.4 Å². The van der Waals surface area contributed by atoms with Crippen LogP contribution >= 0.6 is 0 Å². The number of carbonyl (C=O) groups excluding carboxylic acids is 1. The molecule has 1 aromatic heterocycles. The number of hydrogen-bond donors (Lipinski definition) is 1. The minimum Gasteiger partial charge on any atom is -0.340 e. The molecule has 4 rings (SSSR count). The van der Waals surface area contributed by atoms with Crippen LogP contribution in [0.4, 0.5) is 16.0 Å². The van der Waals surface area contributed by atoms with Gasteiger partial charge in [-0.1, -0.05) is 38.1 Å². The summed E-state index contributed by atoms with van der Waals surface area (Å²) in [6.45, 7) is 5.71. The van der Waals surface area contributed by atoms with Crippen molar-refractivity contribution in [1.29, 1.82) is 0 Å². The normalized spacial score (nSPS) is 16.4. The third-order valence-corrected chi connectivity index (χ3v) is 5.74. The number of hydrogen-bond acceptors (Lipinski definition) is 4. The van der Waals surface area contributed by atoms with Crippen LogP contribution in [0, 0.1) is 11.7 Å². The molecule has 1 aliphatic heterocycles. The molecule has 0 spiro atoms. The molecule has 2 aromatic carbocycles. The van der Waals surface area contributed by atoms with E-state index in [4.69, 9.17) is 0 Å². The molecule has 31 heavy (non-hydrogen) atoms. The smallest absolute Gasteiger partial charge is 0.229 e. The number of rotatable bonds is 5. The Morgan fingerprint density at radius 2 is 1.71 bits per heavy atom. The highest BCUT2D eigenvalue weighted by Crippen LogP contribution is 2.24. The first-order valence-corrected chi connectivity index (χ1v) is 10.7. The maximum absolute atomic E-state index is 13.1. The van der Waals surface area contributed by atoms with Crippen LogP contribution in [0.1, 0.15) is 38.2 Å². The molecule has 160 valence electrons. The van der Waals surface area contributed by atoms with Crippen LogP contribution in [-0.4, -0.2) is 29.0 Å². The second-order valence-corrected chi connectivity index (χ2v) is 8.33. The molecule has 1 aliphatic rings. The van der Waals surface area contributed by atoms with Gasteiger partial charge in [0.15, 0.2) is 0 Å². The summed E-state index contributed by atoms with van der Waals surface area (Å²) in [5.41, 5.74) is 3.78. The first-order valence-electron chi connectivity index (χ1n) is 10.7. The van der Waals surface area contributed by atoms with E-state index in [1.807, 2.05) is 12.1 Å². The molecule has 0 unspecified atom stereocenters. The van der Waals surface area contributed by atoms with E-state index in [-0.39, 0.29) is 17.6 Å². The van der Waals surface area contributed by atoms with Gasteiger partial charge in [0.25, 0.3) is 0 Å². The molecule has 0 bridgehead atoms. The van der Waals surface area contributed by atoms with Crippen LogP contribution in [0.15, 0.2) is 60.9 Å². The number of halogens is 1. The minimum absolute atomic E-state index is 0.0323. The molecule has 5 nitrogen and oxygen atoms in total. The standard InChI is InChI=1S/C25H27FN4O/c1-17(2)18-7-11-23(12-8-18)29-24(31)20-4-3-13-30(16-20)25-27-14-21(15-28-25)19-5-9-22(26)10-6-19/h5-12,14-15,17,20H,3-4,13,16H2,1-2H3,(H,29,31)/t20-/m0/s1. The Kier molecular flexibility index (Phi) is 6.26. The first kappa shape index (κ1) is 21.0. The monoisotopic (exact) mass is 418 g/mol. The lowest BCUT2D eigenvalue weighted by Gasteiger charge is -2.32. The topological polar surface area (TPSA) is 58.1 Å². The zero-order valence-corrected chi connectivity index (χ0v) is 17.9. The highest BCUT2D eigenvalue weighted by Gasteiger charge is 2.27. The van der Waals surface area contributed by atoms with Crippen LogP contribution in [0.3, 0.4) is 0 Å². The second-order valence-electron chi connectivity index (χ2n) is 8.33. The van der Waals surface area contributed by atoms with Gasteiger partial charge in [-0.2, -0.15) is 0 Å². The summed E-state index contributed by atoms with van der Waals surface area (Å²) in [7, 11) is 0. The third kappa shape index (κ3) is 5.08. The van der Waals surface area contributed by atoms with Gasteiger partial charge in [-0.05, 0) is 54.2 Å². The number of benzene rings is 2. The highest BCUT2D eigenvalue weighted by molar-refractivity contribution is 5.93. The Hall–Kier alpha value is -3.28. The molecular weight excluding hydrogens is 391 g/mol. The maximum Gasteiger partial charge on any atom is 0.229 e. The van der Waals surface area contributed by atoms with Crippen molar-refractivity contribution in [2.75, 3.05) is 23.3 Å². The summed E-state index contributed by atoms with van der Waals surface area (Å²) in [4.78, 5) is 23.9. The van der Waals surface area contributed by atoms with E-state index in [0.717, 1.165) is 36.2 Å². The zero-order chi connectivity index (χ0) is 21.8. The van der Waals surface area contributed by atoms with Gasteiger partial charge in [-0.15, -0.1) is 0 Å². The van der Waals surface area contributed by atoms with Gasteiger partial charge in [-0.3, -0.25) is 4.79 Å². The van der Waals surface area contributed by atoms with Crippen molar-refractivity contribution < 1.29 is 9.18 Å². The molecule has 6 heteroatoms. The third-order valence-electron chi connectivity index (χ3n) is 5.74. The van der Waals surface area contributed by atoms with E-state index in [1.54, 1.807) is 24.5 Å². The van der Waals surface area contributed by atoms with Crippen LogP contribution < -0.4 is 10.2 Å². The van der Waals surface area contributed by atoms with Gasteiger partial charge in [0, 0.05) is 36.7 Å². The van der Waals surface area contributed by atoms with Gasteiger partial charge >= 0.3 is 0 Å².